The number of carbonyl (C=O) groups is 1. The lowest BCUT2D eigenvalue weighted by molar-refractivity contribution is -0.120. The Kier molecular flexibility index (Phi) is 8.24. The average Bonchev–Trinajstić information content (AvgIpc) is 2.86. The Morgan fingerprint density at radius 3 is 2.81 bits per heavy atom. The van der Waals surface area contributed by atoms with Gasteiger partial charge in [-0.2, -0.15) is 0 Å². The van der Waals surface area contributed by atoms with E-state index in [1.807, 2.05) is 6.92 Å². The number of amides is 1. The summed E-state index contributed by atoms with van der Waals surface area (Å²) in [5.74, 6) is -0.0492. The first kappa shape index (κ1) is 17.9. The van der Waals surface area contributed by atoms with Crippen LogP contribution >= 0.6 is 11.8 Å². The van der Waals surface area contributed by atoms with Crippen molar-refractivity contribution in [2.45, 2.75) is 43.8 Å². The lowest BCUT2D eigenvalue weighted by Gasteiger charge is -2.12. The van der Waals surface area contributed by atoms with E-state index in [0.29, 0.717) is 30.9 Å². The topological polar surface area (TPSA) is 94.0 Å². The highest BCUT2D eigenvalue weighted by Crippen LogP contribution is 2.19. The highest BCUT2D eigenvalue weighted by Gasteiger charge is 2.18. The van der Waals surface area contributed by atoms with E-state index < -0.39 is 0 Å². The molecule has 1 rings (SSSR count). The third-order valence-corrected chi connectivity index (χ3v) is 3.70. The smallest absolute Gasteiger partial charge is 0.233 e. The van der Waals surface area contributed by atoms with Gasteiger partial charge in [-0.1, -0.05) is 25.6 Å². The summed E-state index contributed by atoms with van der Waals surface area (Å²) in [5.41, 5.74) is 0. The molecule has 0 saturated carbocycles. The van der Waals surface area contributed by atoms with Crippen molar-refractivity contribution in [3.8, 4) is 0 Å². The minimum atomic E-state index is -0.260. The van der Waals surface area contributed by atoms with Gasteiger partial charge in [0, 0.05) is 26.2 Å². The zero-order valence-corrected chi connectivity index (χ0v) is 13.8. The molecule has 8 nitrogen and oxygen atoms in total. The van der Waals surface area contributed by atoms with Crippen LogP contribution < -0.4 is 10.6 Å². The highest BCUT2D eigenvalue weighted by atomic mass is 32.2. The molecule has 0 aliphatic carbocycles. The lowest BCUT2D eigenvalue weighted by Crippen LogP contribution is -2.33. The molecule has 21 heavy (non-hydrogen) atoms. The maximum absolute atomic E-state index is 11.9. The van der Waals surface area contributed by atoms with Crippen molar-refractivity contribution in [2.24, 2.45) is 0 Å². The molecule has 2 N–H and O–H groups in total. The number of methoxy groups -OCH3 is 1. The highest BCUT2D eigenvalue weighted by molar-refractivity contribution is 8.00. The van der Waals surface area contributed by atoms with E-state index in [9.17, 15) is 4.79 Å². The summed E-state index contributed by atoms with van der Waals surface area (Å²) < 4.78 is 6.60. The number of nitrogens with one attached hydrogen (secondary N) is 2. The Balaban J connectivity index is 2.43. The molecule has 0 radical (unpaired) electrons. The van der Waals surface area contributed by atoms with Gasteiger partial charge in [-0.15, -0.1) is 5.10 Å². The van der Waals surface area contributed by atoms with Crippen LogP contribution in [-0.4, -0.2) is 64.2 Å². The van der Waals surface area contributed by atoms with Gasteiger partial charge in [0.1, 0.15) is 0 Å². The van der Waals surface area contributed by atoms with Gasteiger partial charge in [0.05, 0.1) is 18.4 Å². The van der Waals surface area contributed by atoms with Crippen LogP contribution in [0.15, 0.2) is 5.16 Å². The Hall–Kier alpha value is -1.19. The van der Waals surface area contributed by atoms with E-state index >= 15 is 0 Å². The second-order valence-electron chi connectivity index (χ2n) is 4.84. The number of rotatable bonds is 10. The number of tetrazole rings is 1. The van der Waals surface area contributed by atoms with E-state index in [4.69, 9.17) is 4.74 Å². The molecule has 1 amide bonds. The van der Waals surface area contributed by atoms with E-state index in [0.717, 1.165) is 6.54 Å². The molecule has 120 valence electrons. The van der Waals surface area contributed by atoms with Gasteiger partial charge in [-0.25, -0.2) is 4.68 Å². The Morgan fingerprint density at radius 2 is 2.14 bits per heavy atom. The van der Waals surface area contributed by atoms with E-state index in [1.54, 1.807) is 11.8 Å². The monoisotopic (exact) mass is 316 g/mol. The molecule has 0 bridgehead atoms. The fourth-order valence-electron chi connectivity index (χ4n) is 1.51. The molecule has 0 aromatic carbocycles. The van der Waals surface area contributed by atoms with Crippen LogP contribution in [0.5, 0.6) is 0 Å². The molecule has 0 aliphatic heterocycles. The molecule has 1 aromatic rings. The summed E-state index contributed by atoms with van der Waals surface area (Å²) in [5, 5.41) is 18.1. The molecule has 0 saturated heterocycles. The van der Waals surface area contributed by atoms with Gasteiger partial charge in [0.25, 0.3) is 0 Å². The third-order valence-electron chi connectivity index (χ3n) is 2.63. The fourth-order valence-corrected chi connectivity index (χ4v) is 2.35. The lowest BCUT2D eigenvalue weighted by atomic mass is 10.4. The number of thioether (sulfide) groups is 1. The number of hydrogen-bond donors (Lipinski definition) is 2. The first-order valence-electron chi connectivity index (χ1n) is 6.97. The second-order valence-corrected chi connectivity index (χ2v) is 6.15. The number of aromatic nitrogens is 4. The molecule has 0 fully saturated rings. The quantitative estimate of drug-likeness (QED) is 0.460. The van der Waals surface area contributed by atoms with Crippen molar-refractivity contribution in [3.63, 3.8) is 0 Å². The van der Waals surface area contributed by atoms with Crippen LogP contribution in [0.4, 0.5) is 0 Å². The minimum Gasteiger partial charge on any atom is -0.383 e. The van der Waals surface area contributed by atoms with Crippen molar-refractivity contribution in [3.05, 3.63) is 0 Å². The zero-order valence-electron chi connectivity index (χ0n) is 13.0. The van der Waals surface area contributed by atoms with E-state index in [1.165, 1.54) is 11.8 Å². The van der Waals surface area contributed by atoms with Gasteiger partial charge in [-0.05, 0) is 17.4 Å². The van der Waals surface area contributed by atoms with Gasteiger partial charge >= 0.3 is 0 Å². The predicted octanol–water partition coefficient (Wildman–Crippen LogP) is -0.0857. The maximum atomic E-state index is 11.9. The Labute approximate surface area is 129 Å². The van der Waals surface area contributed by atoms with Crippen molar-refractivity contribution < 1.29 is 9.53 Å². The normalized spacial score (nSPS) is 12.6. The summed E-state index contributed by atoms with van der Waals surface area (Å²) in [6.07, 6.45) is 0. The first-order valence-corrected chi connectivity index (χ1v) is 7.85. The van der Waals surface area contributed by atoms with Crippen molar-refractivity contribution >= 4 is 17.7 Å². The number of carbonyl (C=O) groups excluding carboxylic acids is 1. The van der Waals surface area contributed by atoms with Crippen LogP contribution in [0.1, 0.15) is 20.8 Å². The van der Waals surface area contributed by atoms with Crippen molar-refractivity contribution in [1.82, 2.24) is 30.8 Å². The van der Waals surface area contributed by atoms with Crippen molar-refractivity contribution in [1.29, 1.82) is 0 Å². The molecule has 0 spiro atoms. The fraction of sp³-hybridized carbons (Fsp3) is 0.833. The largest absolute Gasteiger partial charge is 0.383 e. The molecule has 9 heteroatoms. The summed E-state index contributed by atoms with van der Waals surface area (Å²) in [4.78, 5) is 11.9. The molecule has 0 aliphatic rings. The van der Waals surface area contributed by atoms with Crippen LogP contribution in [0.2, 0.25) is 0 Å². The van der Waals surface area contributed by atoms with Crippen LogP contribution in [-0.2, 0) is 16.1 Å². The first-order chi connectivity index (χ1) is 10.0. The summed E-state index contributed by atoms with van der Waals surface area (Å²) >= 11 is 1.35. The van der Waals surface area contributed by atoms with Crippen LogP contribution in [0, 0.1) is 0 Å². The summed E-state index contributed by atoms with van der Waals surface area (Å²) in [6.45, 7) is 8.46. The van der Waals surface area contributed by atoms with Crippen LogP contribution in [0.25, 0.3) is 0 Å². The molecule has 1 heterocycles. The number of ether oxygens (including phenoxy) is 1. The molecular formula is C12H24N6O2S. The second kappa shape index (κ2) is 9.69. The molecule has 1 atom stereocenters. The third kappa shape index (κ3) is 6.87. The molecule has 1 unspecified atom stereocenters. The van der Waals surface area contributed by atoms with E-state index in [-0.39, 0.29) is 11.2 Å². The minimum absolute atomic E-state index is 0.0492. The van der Waals surface area contributed by atoms with Gasteiger partial charge in [0.2, 0.25) is 11.1 Å². The van der Waals surface area contributed by atoms with Gasteiger partial charge < -0.3 is 15.4 Å². The Bertz CT molecular complexity index is 426. The van der Waals surface area contributed by atoms with E-state index in [2.05, 4.69) is 40.0 Å². The molecular weight excluding hydrogens is 292 g/mol. The van der Waals surface area contributed by atoms with Gasteiger partial charge in [0.15, 0.2) is 0 Å². The maximum Gasteiger partial charge on any atom is 0.233 e. The molecule has 1 aromatic heterocycles. The summed E-state index contributed by atoms with van der Waals surface area (Å²) in [7, 11) is 1.60. The standard InChI is InChI=1S/C12H24N6O2S/c1-9(2)13-5-7-18-12(15-16-17-18)21-10(3)11(19)14-6-8-20-4/h9-10,13H,5-8H2,1-4H3,(H,14,19). The average molecular weight is 316 g/mol. The SMILES string of the molecule is COCCNC(=O)C(C)Sc1nnnn1CCNC(C)C. The predicted molar refractivity (Wildman–Crippen MR) is 81.2 cm³/mol. The number of nitrogens with zero attached hydrogens (tertiary/aromatic N) is 4. The van der Waals surface area contributed by atoms with Gasteiger partial charge in [-0.3, -0.25) is 4.79 Å². The van der Waals surface area contributed by atoms with Crippen LogP contribution in [0.3, 0.4) is 0 Å². The summed E-state index contributed by atoms with van der Waals surface area (Å²) in [6, 6.07) is 0.420. The van der Waals surface area contributed by atoms with Crippen molar-refractivity contribution in [2.75, 3.05) is 26.8 Å². The Morgan fingerprint density at radius 1 is 1.38 bits per heavy atom. The zero-order chi connectivity index (χ0) is 15.7. The number of hydrogen-bond acceptors (Lipinski definition) is 7.